The molecule has 110 valence electrons. The highest BCUT2D eigenvalue weighted by molar-refractivity contribution is 5.73. The molecule has 1 rings (SSSR count). The summed E-state index contributed by atoms with van der Waals surface area (Å²) < 4.78 is 37.2. The maximum absolute atomic E-state index is 12.4. The first-order valence-electron chi connectivity index (χ1n) is 6.25. The maximum Gasteiger partial charge on any atom is 0.406 e. The van der Waals surface area contributed by atoms with Gasteiger partial charge in [0.1, 0.15) is 6.54 Å². The van der Waals surface area contributed by atoms with Crippen molar-refractivity contribution in [2.45, 2.75) is 51.2 Å². The Bertz CT molecular complexity index is 336. The number of carbonyl (C=O) groups is 2. The van der Waals surface area contributed by atoms with Crippen LogP contribution in [0.25, 0.3) is 0 Å². The van der Waals surface area contributed by atoms with E-state index in [0.717, 1.165) is 11.8 Å². The lowest BCUT2D eigenvalue weighted by Gasteiger charge is -2.36. The van der Waals surface area contributed by atoms with Gasteiger partial charge in [-0.2, -0.15) is 13.2 Å². The van der Waals surface area contributed by atoms with Gasteiger partial charge in [-0.3, -0.25) is 9.59 Å². The highest BCUT2D eigenvalue weighted by Gasteiger charge is 2.36. The largest absolute Gasteiger partial charge is 0.481 e. The molecule has 0 radical (unpaired) electrons. The van der Waals surface area contributed by atoms with Gasteiger partial charge in [-0.1, -0.05) is 0 Å². The fourth-order valence-electron chi connectivity index (χ4n) is 2.60. The molecular formula is C12H18F3NO3. The van der Waals surface area contributed by atoms with Gasteiger partial charge < -0.3 is 10.0 Å². The summed E-state index contributed by atoms with van der Waals surface area (Å²) in [6, 6.07) is -0.427. The highest BCUT2D eigenvalue weighted by Crippen LogP contribution is 2.31. The number of nitrogens with zero attached hydrogens (tertiary/aromatic N) is 1. The Hall–Kier alpha value is -1.27. The van der Waals surface area contributed by atoms with Crippen molar-refractivity contribution < 1.29 is 27.9 Å². The smallest absolute Gasteiger partial charge is 0.406 e. The molecule has 0 aromatic carbocycles. The Labute approximate surface area is 109 Å². The van der Waals surface area contributed by atoms with Crippen LogP contribution in [0.2, 0.25) is 0 Å². The molecule has 7 heteroatoms. The Morgan fingerprint density at radius 1 is 1.21 bits per heavy atom. The predicted octanol–water partition coefficient (Wildman–Crippen LogP) is 2.43. The van der Waals surface area contributed by atoms with E-state index in [2.05, 4.69) is 0 Å². The zero-order valence-electron chi connectivity index (χ0n) is 10.7. The van der Waals surface area contributed by atoms with Gasteiger partial charge in [0.25, 0.3) is 0 Å². The lowest BCUT2D eigenvalue weighted by Crippen LogP contribution is -2.46. The molecule has 0 aliphatic heterocycles. The maximum atomic E-state index is 12.4. The van der Waals surface area contributed by atoms with Crippen LogP contribution >= 0.6 is 0 Å². The summed E-state index contributed by atoms with van der Waals surface area (Å²) in [6.07, 6.45) is -2.37. The van der Waals surface area contributed by atoms with E-state index in [1.54, 1.807) is 0 Å². The second kappa shape index (κ2) is 6.25. The molecular weight excluding hydrogens is 263 g/mol. The van der Waals surface area contributed by atoms with Crippen molar-refractivity contribution in [2.75, 3.05) is 6.54 Å². The van der Waals surface area contributed by atoms with E-state index in [1.165, 1.54) is 0 Å². The van der Waals surface area contributed by atoms with Gasteiger partial charge in [-0.25, -0.2) is 0 Å². The van der Waals surface area contributed by atoms with Crippen LogP contribution < -0.4 is 0 Å². The average Bonchev–Trinajstić information content (AvgIpc) is 2.25. The van der Waals surface area contributed by atoms with Gasteiger partial charge in [0.2, 0.25) is 5.91 Å². The first-order chi connectivity index (χ1) is 8.69. The third-order valence-electron chi connectivity index (χ3n) is 3.47. The minimum atomic E-state index is -4.40. The third kappa shape index (κ3) is 5.48. The molecule has 19 heavy (non-hydrogen) atoms. The molecule has 1 aliphatic rings. The van der Waals surface area contributed by atoms with Crippen LogP contribution in [0.15, 0.2) is 0 Å². The van der Waals surface area contributed by atoms with Crippen LogP contribution in [0.5, 0.6) is 0 Å². The van der Waals surface area contributed by atoms with E-state index in [-0.39, 0.29) is 12.3 Å². The van der Waals surface area contributed by atoms with Crippen LogP contribution in [0, 0.1) is 5.92 Å². The van der Waals surface area contributed by atoms with Crippen molar-refractivity contribution in [1.29, 1.82) is 0 Å². The summed E-state index contributed by atoms with van der Waals surface area (Å²) in [6.45, 7) is -0.0916. The second-order valence-electron chi connectivity index (χ2n) is 5.03. The lowest BCUT2D eigenvalue weighted by molar-refractivity contribution is -0.166. The number of carboxylic acids is 1. The molecule has 0 aromatic rings. The van der Waals surface area contributed by atoms with Crippen LogP contribution in [-0.2, 0) is 9.59 Å². The number of amides is 1. The van der Waals surface area contributed by atoms with Gasteiger partial charge in [0.15, 0.2) is 0 Å². The zero-order chi connectivity index (χ0) is 14.6. The molecule has 0 atom stereocenters. The SMILES string of the molecule is CC(=O)N(CC(F)(F)F)C1CCC(CC(=O)O)CC1. The van der Waals surface area contributed by atoms with E-state index < -0.39 is 30.6 Å². The van der Waals surface area contributed by atoms with Crippen molar-refractivity contribution in [3.05, 3.63) is 0 Å². The van der Waals surface area contributed by atoms with Gasteiger partial charge in [0.05, 0.1) is 0 Å². The molecule has 1 N–H and O–H groups in total. The number of aliphatic carboxylic acids is 1. The molecule has 0 saturated heterocycles. The third-order valence-corrected chi connectivity index (χ3v) is 3.47. The van der Waals surface area contributed by atoms with Crippen LogP contribution in [0.3, 0.4) is 0 Å². The summed E-state index contributed by atoms with van der Waals surface area (Å²) >= 11 is 0. The Morgan fingerprint density at radius 2 is 1.74 bits per heavy atom. The quantitative estimate of drug-likeness (QED) is 0.861. The average molecular weight is 281 g/mol. The minimum absolute atomic E-state index is 0.00782. The molecule has 1 amide bonds. The second-order valence-corrected chi connectivity index (χ2v) is 5.03. The molecule has 0 unspecified atom stereocenters. The number of rotatable bonds is 4. The number of carboxylic acid groups (broad SMARTS) is 1. The monoisotopic (exact) mass is 281 g/mol. The molecule has 1 aliphatic carbocycles. The number of alkyl halides is 3. The number of hydrogen-bond donors (Lipinski definition) is 1. The van der Waals surface area contributed by atoms with E-state index in [4.69, 9.17) is 5.11 Å². The van der Waals surface area contributed by atoms with Gasteiger partial charge in [-0.05, 0) is 31.6 Å². The predicted molar refractivity (Wildman–Crippen MR) is 61.4 cm³/mol. The lowest BCUT2D eigenvalue weighted by atomic mass is 9.83. The van der Waals surface area contributed by atoms with Gasteiger partial charge in [-0.15, -0.1) is 0 Å². The standard InChI is InChI=1S/C12H18F3NO3/c1-8(17)16(7-12(13,14)15)10-4-2-9(3-5-10)6-11(18)19/h9-10H,2-7H2,1H3,(H,18,19). The minimum Gasteiger partial charge on any atom is -0.481 e. The first-order valence-corrected chi connectivity index (χ1v) is 6.25. The van der Waals surface area contributed by atoms with Crippen LogP contribution in [0.4, 0.5) is 13.2 Å². The Morgan fingerprint density at radius 3 is 2.11 bits per heavy atom. The van der Waals surface area contributed by atoms with Crippen molar-refractivity contribution in [2.24, 2.45) is 5.92 Å². The zero-order valence-corrected chi connectivity index (χ0v) is 10.7. The van der Waals surface area contributed by atoms with Crippen molar-refractivity contribution in [1.82, 2.24) is 4.90 Å². The molecule has 0 heterocycles. The van der Waals surface area contributed by atoms with E-state index >= 15 is 0 Å². The molecule has 1 fully saturated rings. The molecule has 0 bridgehead atoms. The van der Waals surface area contributed by atoms with E-state index in [9.17, 15) is 22.8 Å². The fourth-order valence-corrected chi connectivity index (χ4v) is 2.60. The van der Waals surface area contributed by atoms with E-state index in [1.807, 2.05) is 0 Å². The topological polar surface area (TPSA) is 57.6 Å². The summed E-state index contributed by atoms with van der Waals surface area (Å²) in [4.78, 5) is 22.7. The number of halogens is 3. The number of carbonyl (C=O) groups excluding carboxylic acids is 1. The normalized spacial score (nSPS) is 24.0. The summed E-state index contributed by atoms with van der Waals surface area (Å²) in [5, 5.41) is 8.67. The van der Waals surface area contributed by atoms with Crippen LogP contribution in [0.1, 0.15) is 39.0 Å². The van der Waals surface area contributed by atoms with Crippen molar-refractivity contribution in [3.63, 3.8) is 0 Å². The number of hydrogen-bond acceptors (Lipinski definition) is 2. The van der Waals surface area contributed by atoms with E-state index in [0.29, 0.717) is 25.7 Å². The molecule has 1 saturated carbocycles. The summed E-state index contributed by atoms with van der Waals surface area (Å²) in [7, 11) is 0. The van der Waals surface area contributed by atoms with Crippen LogP contribution in [-0.4, -0.2) is 40.6 Å². The Kier molecular flexibility index (Phi) is 5.20. The Balaban J connectivity index is 2.55. The van der Waals surface area contributed by atoms with Gasteiger partial charge >= 0.3 is 12.1 Å². The molecule has 4 nitrogen and oxygen atoms in total. The summed E-state index contributed by atoms with van der Waals surface area (Å²) in [5.41, 5.74) is 0. The molecule has 0 spiro atoms. The van der Waals surface area contributed by atoms with Crippen molar-refractivity contribution in [3.8, 4) is 0 Å². The fraction of sp³-hybridized carbons (Fsp3) is 0.833. The first kappa shape index (κ1) is 15.8. The molecule has 0 aromatic heterocycles. The van der Waals surface area contributed by atoms with Crippen molar-refractivity contribution >= 4 is 11.9 Å². The summed E-state index contributed by atoms with van der Waals surface area (Å²) in [5.74, 6) is -1.46. The van der Waals surface area contributed by atoms with Gasteiger partial charge in [0, 0.05) is 19.4 Å². The highest BCUT2D eigenvalue weighted by atomic mass is 19.4.